The Labute approximate surface area is 163 Å². The van der Waals surface area contributed by atoms with Crippen LogP contribution in [-0.4, -0.2) is 41.2 Å². The highest BCUT2D eigenvalue weighted by atomic mass is 32.1. The summed E-state index contributed by atoms with van der Waals surface area (Å²) in [4.78, 5) is 39.5. The smallest absolute Gasteiger partial charge is 0.336 e. The van der Waals surface area contributed by atoms with Crippen molar-refractivity contribution in [2.45, 2.75) is 13.0 Å². The third-order valence-electron chi connectivity index (χ3n) is 3.79. The van der Waals surface area contributed by atoms with Gasteiger partial charge in [-0.1, -0.05) is 0 Å². The minimum atomic E-state index is -1.14. The van der Waals surface area contributed by atoms with Gasteiger partial charge in [-0.05, 0) is 24.6 Å². The first-order chi connectivity index (χ1) is 13.5. The van der Waals surface area contributed by atoms with Crippen LogP contribution in [0.1, 0.15) is 5.56 Å². The van der Waals surface area contributed by atoms with Crippen LogP contribution in [-0.2, 0) is 9.59 Å². The van der Waals surface area contributed by atoms with Gasteiger partial charge in [0, 0.05) is 29.1 Å². The molecule has 9 nitrogen and oxygen atoms in total. The number of nitrogens with one attached hydrogen (secondary N) is 2. The normalized spacial score (nSPS) is 11.8. The van der Waals surface area contributed by atoms with Gasteiger partial charge in [0.25, 0.3) is 11.8 Å². The van der Waals surface area contributed by atoms with Crippen molar-refractivity contribution in [1.82, 2.24) is 10.3 Å². The highest BCUT2D eigenvalue weighted by Crippen LogP contribution is 2.22. The molecule has 0 aliphatic carbocycles. The number of aromatic nitrogens is 1. The van der Waals surface area contributed by atoms with Crippen molar-refractivity contribution in [1.29, 1.82) is 0 Å². The first kappa shape index (κ1) is 19.5. The molecule has 0 bridgehead atoms. The molecule has 0 saturated carbocycles. The molecule has 2 heterocycles. The predicted molar refractivity (Wildman–Crippen MR) is 102 cm³/mol. The average Bonchev–Trinajstić information content (AvgIpc) is 3.16. The second kappa shape index (κ2) is 8.63. The highest BCUT2D eigenvalue weighted by molar-refractivity contribution is 7.13. The largest absolute Gasteiger partial charge is 0.484 e. The lowest BCUT2D eigenvalue weighted by atomic mass is 10.1. The number of amides is 2. The molecule has 2 aromatic heterocycles. The van der Waals surface area contributed by atoms with Crippen molar-refractivity contribution < 1.29 is 23.8 Å². The number of benzene rings is 1. The molecule has 0 aliphatic heterocycles. The topological polar surface area (TPSA) is 131 Å². The standard InChI is InChI=1S/C18H17N3O6S/c1-10-6-16(24)27-14-7-11(2-3-12(10)14)26-9-15(23)20-13(8-22)17(25)21-18-19-4-5-28-18/h2-7,13,22H,8-9H2,1H3,(H,20,23)(H,19,21,25). The van der Waals surface area contributed by atoms with Crippen LogP contribution in [0.2, 0.25) is 0 Å². The van der Waals surface area contributed by atoms with Crippen molar-refractivity contribution in [2.75, 3.05) is 18.5 Å². The zero-order valence-corrected chi connectivity index (χ0v) is 15.6. The molecule has 3 aromatic rings. The van der Waals surface area contributed by atoms with Crippen molar-refractivity contribution in [3.63, 3.8) is 0 Å². The molecule has 3 N–H and O–H groups in total. The van der Waals surface area contributed by atoms with Gasteiger partial charge in [-0.3, -0.25) is 9.59 Å². The Bertz CT molecular complexity index is 1050. The molecule has 0 fully saturated rings. The van der Waals surface area contributed by atoms with Gasteiger partial charge < -0.3 is 24.9 Å². The maximum atomic E-state index is 12.1. The number of carbonyl (C=O) groups is 2. The van der Waals surface area contributed by atoms with Gasteiger partial charge in [0.05, 0.1) is 6.61 Å². The lowest BCUT2D eigenvalue weighted by Crippen LogP contribution is -2.47. The predicted octanol–water partition coefficient (Wildman–Crippen LogP) is 1.05. The summed E-state index contributed by atoms with van der Waals surface area (Å²) in [6.07, 6.45) is 1.52. The minimum Gasteiger partial charge on any atom is -0.484 e. The van der Waals surface area contributed by atoms with Crippen molar-refractivity contribution in [3.05, 3.63) is 51.8 Å². The summed E-state index contributed by atoms with van der Waals surface area (Å²) in [7, 11) is 0. The molecule has 10 heteroatoms. The van der Waals surface area contributed by atoms with E-state index in [9.17, 15) is 19.5 Å². The van der Waals surface area contributed by atoms with Crippen LogP contribution in [0.15, 0.2) is 45.1 Å². The van der Waals surface area contributed by atoms with E-state index in [2.05, 4.69) is 15.6 Å². The molecular weight excluding hydrogens is 386 g/mol. The maximum Gasteiger partial charge on any atom is 0.336 e. The molecule has 1 aromatic carbocycles. The zero-order valence-electron chi connectivity index (χ0n) is 14.8. The van der Waals surface area contributed by atoms with Gasteiger partial charge in [0.15, 0.2) is 11.7 Å². The molecule has 3 rings (SSSR count). The fraction of sp³-hybridized carbons (Fsp3) is 0.222. The number of ether oxygens (including phenoxy) is 1. The van der Waals surface area contributed by atoms with E-state index in [1.807, 2.05) is 0 Å². The Kier molecular flexibility index (Phi) is 6.02. The van der Waals surface area contributed by atoms with E-state index in [1.54, 1.807) is 24.4 Å². The SMILES string of the molecule is Cc1cc(=O)oc2cc(OCC(=O)NC(CO)C(=O)Nc3nccs3)ccc12. The Morgan fingerprint density at radius 1 is 1.36 bits per heavy atom. The first-order valence-corrected chi connectivity index (χ1v) is 9.12. The first-order valence-electron chi connectivity index (χ1n) is 8.24. The van der Waals surface area contributed by atoms with Crippen LogP contribution >= 0.6 is 11.3 Å². The third-order valence-corrected chi connectivity index (χ3v) is 4.48. The van der Waals surface area contributed by atoms with E-state index in [-0.39, 0.29) is 6.61 Å². The average molecular weight is 403 g/mol. The van der Waals surface area contributed by atoms with Crippen LogP contribution in [0, 0.1) is 6.92 Å². The van der Waals surface area contributed by atoms with E-state index in [4.69, 9.17) is 9.15 Å². The Morgan fingerprint density at radius 2 is 2.18 bits per heavy atom. The molecule has 2 amide bonds. The number of aryl methyl sites for hydroxylation is 1. The van der Waals surface area contributed by atoms with Crippen molar-refractivity contribution in [2.24, 2.45) is 0 Å². The Hall–Kier alpha value is -3.24. The number of aliphatic hydroxyl groups excluding tert-OH is 1. The van der Waals surface area contributed by atoms with Gasteiger partial charge in [0.2, 0.25) is 0 Å². The summed E-state index contributed by atoms with van der Waals surface area (Å²) in [5.74, 6) is -0.864. The fourth-order valence-corrected chi connectivity index (χ4v) is 2.98. The monoisotopic (exact) mass is 403 g/mol. The number of nitrogens with zero attached hydrogens (tertiary/aromatic N) is 1. The van der Waals surface area contributed by atoms with Crippen LogP contribution in [0.25, 0.3) is 11.0 Å². The van der Waals surface area contributed by atoms with Gasteiger partial charge in [0.1, 0.15) is 17.4 Å². The minimum absolute atomic E-state index is 0.323. The summed E-state index contributed by atoms with van der Waals surface area (Å²) >= 11 is 1.22. The van der Waals surface area contributed by atoms with Gasteiger partial charge in [-0.2, -0.15) is 0 Å². The maximum absolute atomic E-state index is 12.1. The number of thiazole rings is 1. The molecule has 0 saturated heterocycles. The molecule has 0 radical (unpaired) electrons. The summed E-state index contributed by atoms with van der Waals surface area (Å²) in [6, 6.07) is 5.12. The second-order valence-corrected chi connectivity index (χ2v) is 6.72. The van der Waals surface area contributed by atoms with E-state index in [0.29, 0.717) is 16.5 Å². The molecule has 0 aliphatic rings. The number of hydrogen-bond donors (Lipinski definition) is 3. The number of fused-ring (bicyclic) bond motifs is 1. The highest BCUT2D eigenvalue weighted by Gasteiger charge is 2.21. The zero-order chi connectivity index (χ0) is 20.1. The quantitative estimate of drug-likeness (QED) is 0.503. The van der Waals surface area contributed by atoms with Gasteiger partial charge >= 0.3 is 5.63 Å². The summed E-state index contributed by atoms with van der Waals surface area (Å²) in [5, 5.41) is 17.0. The molecular formula is C18H17N3O6S. The van der Waals surface area contributed by atoms with E-state index >= 15 is 0 Å². The van der Waals surface area contributed by atoms with Crippen molar-refractivity contribution in [3.8, 4) is 5.75 Å². The number of carbonyl (C=O) groups excluding carboxylic acids is 2. The molecule has 1 atom stereocenters. The van der Waals surface area contributed by atoms with E-state index < -0.39 is 30.1 Å². The summed E-state index contributed by atoms with van der Waals surface area (Å²) in [5.41, 5.74) is 0.642. The summed E-state index contributed by atoms with van der Waals surface area (Å²) in [6.45, 7) is 0.824. The van der Waals surface area contributed by atoms with Crippen LogP contribution in [0.5, 0.6) is 5.75 Å². The van der Waals surface area contributed by atoms with E-state index in [0.717, 1.165) is 10.9 Å². The van der Waals surface area contributed by atoms with Crippen LogP contribution in [0.4, 0.5) is 5.13 Å². The third kappa shape index (κ3) is 4.72. The van der Waals surface area contributed by atoms with Crippen molar-refractivity contribution >= 4 is 39.3 Å². The number of rotatable bonds is 7. The van der Waals surface area contributed by atoms with Gasteiger partial charge in [-0.25, -0.2) is 9.78 Å². The van der Waals surface area contributed by atoms with Crippen LogP contribution in [0.3, 0.4) is 0 Å². The number of aliphatic hydroxyl groups is 1. The summed E-state index contributed by atoms with van der Waals surface area (Å²) < 4.78 is 10.5. The molecule has 28 heavy (non-hydrogen) atoms. The molecule has 146 valence electrons. The second-order valence-electron chi connectivity index (χ2n) is 5.82. The molecule has 1 unspecified atom stereocenters. The van der Waals surface area contributed by atoms with E-state index in [1.165, 1.54) is 29.7 Å². The Morgan fingerprint density at radius 3 is 2.89 bits per heavy atom. The lowest BCUT2D eigenvalue weighted by molar-refractivity contribution is -0.128. The fourth-order valence-electron chi connectivity index (χ4n) is 2.45. The molecule has 0 spiro atoms. The number of hydrogen-bond acceptors (Lipinski definition) is 8. The van der Waals surface area contributed by atoms with Crippen LogP contribution < -0.4 is 21.0 Å². The lowest BCUT2D eigenvalue weighted by Gasteiger charge is -2.15. The number of anilines is 1. The Balaban J connectivity index is 1.59. The van der Waals surface area contributed by atoms with Gasteiger partial charge in [-0.15, -0.1) is 11.3 Å².